The van der Waals surface area contributed by atoms with Crippen molar-refractivity contribution in [3.63, 3.8) is 0 Å². The van der Waals surface area contributed by atoms with Gasteiger partial charge in [0.05, 0.1) is 18.0 Å². The van der Waals surface area contributed by atoms with Crippen LogP contribution in [0.5, 0.6) is 0 Å². The van der Waals surface area contributed by atoms with Crippen LogP contribution in [0.4, 0.5) is 5.69 Å². The fourth-order valence-electron chi connectivity index (χ4n) is 4.03. The Labute approximate surface area is 184 Å². The van der Waals surface area contributed by atoms with Gasteiger partial charge in [0.15, 0.2) is 0 Å². The molecule has 0 aromatic heterocycles. The standard InChI is InChI=1S/C25H18N2O3.ClH/c1-29-25(28)18-9-5-4-8-17(18)22-19-11-10-15(26)13-21(19)30-24-16-7-3-2-6-14(16)12-20(27)23(22)24;/h2-13,26H,27H2,1H3;1H. The molecule has 0 unspecified atom stereocenters. The first-order chi connectivity index (χ1) is 14.6. The Kier molecular flexibility index (Phi) is 5.13. The highest BCUT2D eigenvalue weighted by Crippen LogP contribution is 2.45. The van der Waals surface area contributed by atoms with Crippen molar-refractivity contribution in [3.05, 3.63) is 83.7 Å². The molecule has 3 N–H and O–H groups in total. The summed E-state index contributed by atoms with van der Waals surface area (Å²) < 4.78 is 11.3. The minimum absolute atomic E-state index is 0. The first kappa shape index (κ1) is 20.4. The highest BCUT2D eigenvalue weighted by Gasteiger charge is 2.23. The summed E-state index contributed by atoms with van der Waals surface area (Å²) in [5.41, 5.74) is 10.4. The van der Waals surface area contributed by atoms with Crippen LogP contribution in [-0.4, -0.2) is 13.1 Å². The number of carbonyl (C=O) groups is 1. The van der Waals surface area contributed by atoms with Crippen LogP contribution in [0.25, 0.3) is 44.2 Å². The largest absolute Gasteiger partial charge is 0.465 e. The van der Waals surface area contributed by atoms with Gasteiger partial charge in [-0.3, -0.25) is 0 Å². The maximum Gasteiger partial charge on any atom is 0.338 e. The molecule has 0 amide bonds. The number of carbonyl (C=O) groups excluding carboxylic acids is 1. The number of anilines is 1. The highest BCUT2D eigenvalue weighted by atomic mass is 35.5. The van der Waals surface area contributed by atoms with Crippen molar-refractivity contribution in [2.75, 3.05) is 12.8 Å². The number of fused-ring (bicyclic) bond motifs is 4. The summed E-state index contributed by atoms with van der Waals surface area (Å²) >= 11 is 0. The minimum Gasteiger partial charge on any atom is -0.465 e. The summed E-state index contributed by atoms with van der Waals surface area (Å²) in [5.74, 6) is 0.129. The third kappa shape index (κ3) is 3.20. The van der Waals surface area contributed by atoms with Gasteiger partial charge in [-0.1, -0.05) is 42.5 Å². The molecule has 3 aromatic carbocycles. The molecule has 0 saturated carbocycles. The summed E-state index contributed by atoms with van der Waals surface area (Å²) in [6.45, 7) is 0. The summed E-state index contributed by atoms with van der Waals surface area (Å²) in [7, 11) is 1.36. The van der Waals surface area contributed by atoms with Gasteiger partial charge in [0, 0.05) is 33.7 Å². The zero-order valence-corrected chi connectivity index (χ0v) is 17.5. The molecule has 1 heterocycles. The zero-order chi connectivity index (χ0) is 20.8. The molecule has 3 aromatic rings. The topological polar surface area (TPSA) is 89.3 Å². The van der Waals surface area contributed by atoms with E-state index in [1.54, 1.807) is 24.3 Å². The highest BCUT2D eigenvalue weighted by molar-refractivity contribution is 6.18. The Balaban J connectivity index is 0.00000231. The first-order valence-electron chi connectivity index (χ1n) is 9.48. The number of hydrogen-bond acceptors (Lipinski definition) is 5. The average Bonchev–Trinajstić information content (AvgIpc) is 2.77. The molecule has 31 heavy (non-hydrogen) atoms. The maximum atomic E-state index is 12.5. The summed E-state index contributed by atoms with van der Waals surface area (Å²) in [5, 5.41) is 11.0. The minimum atomic E-state index is -0.427. The van der Waals surface area contributed by atoms with Crippen molar-refractivity contribution >= 4 is 45.8 Å². The van der Waals surface area contributed by atoms with Gasteiger partial charge in [0.2, 0.25) is 0 Å². The number of esters is 1. The molecule has 1 aliphatic heterocycles. The van der Waals surface area contributed by atoms with Crippen LogP contribution in [-0.2, 0) is 4.74 Å². The number of nitrogens with two attached hydrogens (primary N) is 1. The summed E-state index contributed by atoms with van der Waals surface area (Å²) in [6.07, 6.45) is 0. The smallest absolute Gasteiger partial charge is 0.338 e. The van der Waals surface area contributed by atoms with E-state index in [-0.39, 0.29) is 12.4 Å². The molecule has 5 rings (SSSR count). The fraction of sp³-hybridized carbons (Fsp3) is 0.0400. The Morgan fingerprint density at radius 2 is 1.71 bits per heavy atom. The van der Waals surface area contributed by atoms with Gasteiger partial charge in [0.25, 0.3) is 0 Å². The number of hydrogen-bond donors (Lipinski definition) is 2. The van der Waals surface area contributed by atoms with Crippen molar-refractivity contribution in [2.45, 2.75) is 0 Å². The van der Waals surface area contributed by atoms with Crippen molar-refractivity contribution < 1.29 is 13.9 Å². The normalized spacial score (nSPS) is 10.9. The predicted octanol–water partition coefficient (Wildman–Crippen LogP) is 5.63. The number of rotatable bonds is 2. The lowest BCUT2D eigenvalue weighted by molar-refractivity contribution is 0.0601. The number of ether oxygens (including phenoxy) is 1. The molecular formula is C25H19ClN2O3. The van der Waals surface area contributed by atoms with E-state index in [2.05, 4.69) is 0 Å². The van der Waals surface area contributed by atoms with E-state index < -0.39 is 5.97 Å². The molecule has 0 spiro atoms. The predicted molar refractivity (Wildman–Crippen MR) is 125 cm³/mol. The summed E-state index contributed by atoms with van der Waals surface area (Å²) in [6, 6.07) is 22.3. The van der Waals surface area contributed by atoms with Gasteiger partial charge in [-0.15, -0.1) is 12.4 Å². The van der Waals surface area contributed by atoms with Gasteiger partial charge < -0.3 is 20.3 Å². The van der Waals surface area contributed by atoms with Crippen molar-refractivity contribution in [1.82, 2.24) is 0 Å². The molecule has 0 saturated heterocycles. The molecule has 0 bridgehead atoms. The van der Waals surface area contributed by atoms with Crippen molar-refractivity contribution in [1.29, 1.82) is 5.41 Å². The van der Waals surface area contributed by atoms with Crippen molar-refractivity contribution in [3.8, 4) is 22.5 Å². The van der Waals surface area contributed by atoms with Crippen LogP contribution in [0.1, 0.15) is 10.4 Å². The Morgan fingerprint density at radius 3 is 2.52 bits per heavy atom. The number of nitrogens with one attached hydrogen (secondary N) is 1. The zero-order valence-electron chi connectivity index (χ0n) is 16.6. The monoisotopic (exact) mass is 430 g/mol. The van der Waals surface area contributed by atoms with Crippen molar-refractivity contribution in [2.24, 2.45) is 0 Å². The summed E-state index contributed by atoms with van der Waals surface area (Å²) in [4.78, 5) is 12.5. The van der Waals surface area contributed by atoms with Gasteiger partial charge in [-0.25, -0.2) is 4.79 Å². The lowest BCUT2D eigenvalue weighted by Gasteiger charge is -2.19. The molecule has 5 nitrogen and oxygen atoms in total. The molecule has 154 valence electrons. The first-order valence-corrected chi connectivity index (χ1v) is 9.48. The lowest BCUT2D eigenvalue weighted by atomic mass is 9.89. The van der Waals surface area contributed by atoms with E-state index in [1.165, 1.54) is 7.11 Å². The van der Waals surface area contributed by atoms with Gasteiger partial charge in [0.1, 0.15) is 11.3 Å². The maximum absolute atomic E-state index is 12.5. The quantitative estimate of drug-likeness (QED) is 0.164. The second-order valence-corrected chi connectivity index (χ2v) is 7.12. The van der Waals surface area contributed by atoms with Crippen LogP contribution >= 0.6 is 12.4 Å². The van der Waals surface area contributed by atoms with Crippen LogP contribution < -0.4 is 11.1 Å². The number of nitrogen functional groups attached to an aromatic ring is 1. The molecule has 1 aliphatic carbocycles. The molecular weight excluding hydrogens is 412 g/mol. The Bertz CT molecular complexity index is 1490. The number of benzene rings is 4. The van der Waals surface area contributed by atoms with Crippen LogP contribution in [0.15, 0.2) is 77.2 Å². The van der Waals surface area contributed by atoms with Gasteiger partial charge in [-0.05, 0) is 35.2 Å². The average molecular weight is 431 g/mol. The van der Waals surface area contributed by atoms with Gasteiger partial charge in [-0.2, -0.15) is 0 Å². The van der Waals surface area contributed by atoms with Gasteiger partial charge >= 0.3 is 5.97 Å². The van der Waals surface area contributed by atoms with E-state index >= 15 is 0 Å². The lowest BCUT2D eigenvalue weighted by Crippen LogP contribution is -2.06. The molecule has 0 atom stereocenters. The molecule has 0 fully saturated rings. The van der Waals surface area contributed by atoms with E-state index in [4.69, 9.17) is 20.3 Å². The van der Waals surface area contributed by atoms with Crippen LogP contribution in [0.3, 0.4) is 0 Å². The second kappa shape index (κ2) is 7.78. The van der Waals surface area contributed by atoms with E-state index in [0.717, 1.165) is 27.3 Å². The third-order valence-electron chi connectivity index (χ3n) is 5.35. The molecule has 6 heteroatoms. The SMILES string of the molecule is COC(=O)c1ccccc1-c1c2ccc(=N)cc-2oc2c1c(N)cc1ccccc12.Cl. The molecule has 2 aliphatic rings. The van der Waals surface area contributed by atoms with Crippen LogP contribution in [0, 0.1) is 5.41 Å². The Hall–Kier alpha value is -3.83. The number of methoxy groups -OCH3 is 1. The van der Waals surface area contributed by atoms with E-state index in [9.17, 15) is 4.79 Å². The third-order valence-corrected chi connectivity index (χ3v) is 5.35. The van der Waals surface area contributed by atoms with E-state index in [1.807, 2.05) is 48.5 Å². The van der Waals surface area contributed by atoms with E-state index in [0.29, 0.717) is 33.5 Å². The number of halogens is 1. The fourth-order valence-corrected chi connectivity index (χ4v) is 4.03. The second-order valence-electron chi connectivity index (χ2n) is 7.12. The molecule has 0 radical (unpaired) electrons. The van der Waals surface area contributed by atoms with Crippen LogP contribution in [0.2, 0.25) is 0 Å². The Morgan fingerprint density at radius 1 is 0.968 bits per heavy atom.